The van der Waals surface area contributed by atoms with Crippen molar-refractivity contribution >= 4 is 11.6 Å². The topological polar surface area (TPSA) is 62.2 Å². The molecule has 0 aliphatic heterocycles. The molecule has 1 amide bonds. The van der Waals surface area contributed by atoms with Gasteiger partial charge in [0.2, 0.25) is 0 Å². The van der Waals surface area contributed by atoms with E-state index >= 15 is 0 Å². The van der Waals surface area contributed by atoms with Gasteiger partial charge in [-0.2, -0.15) is 13.2 Å². The number of carbonyl (C=O) groups is 1. The Morgan fingerprint density at radius 3 is 2.25 bits per heavy atom. The second kappa shape index (κ2) is 5.20. The molecule has 1 heterocycles. The second-order valence-corrected chi connectivity index (χ2v) is 3.93. The number of pyridine rings is 1. The van der Waals surface area contributed by atoms with Gasteiger partial charge in [-0.3, -0.25) is 9.78 Å². The molecule has 0 bridgehead atoms. The van der Waals surface area contributed by atoms with E-state index in [1.807, 2.05) is 0 Å². The lowest BCUT2D eigenvalue weighted by Crippen LogP contribution is -2.14. The summed E-state index contributed by atoms with van der Waals surface area (Å²) in [6, 6.07) is 7.47. The Morgan fingerprint density at radius 1 is 1.10 bits per heavy atom. The van der Waals surface area contributed by atoms with E-state index in [9.17, 15) is 18.0 Å². The van der Waals surface area contributed by atoms with Gasteiger partial charge in [-0.05, 0) is 36.4 Å². The molecule has 104 valence electrons. The molecule has 0 atom stereocenters. The highest BCUT2D eigenvalue weighted by Crippen LogP contribution is 2.27. The predicted octanol–water partition coefficient (Wildman–Crippen LogP) is 3.06. The third-order valence-corrected chi connectivity index (χ3v) is 2.44. The van der Waals surface area contributed by atoms with Gasteiger partial charge in [0.25, 0.3) is 5.91 Å². The fourth-order valence-corrected chi connectivity index (χ4v) is 1.44. The zero-order valence-corrected chi connectivity index (χ0v) is 9.98. The first-order chi connectivity index (χ1) is 9.36. The summed E-state index contributed by atoms with van der Waals surface area (Å²) >= 11 is 0. The van der Waals surface area contributed by atoms with Crippen molar-refractivity contribution < 1.29 is 23.1 Å². The molecule has 0 fully saturated rings. The molecular formula is C13H9F3N2O2. The minimum absolute atomic E-state index is 0.00562. The average molecular weight is 282 g/mol. The molecule has 2 aromatic rings. The SMILES string of the molecule is O=C(Nc1ccc(O)cc1)c1ccc(C(F)(F)F)nc1. The van der Waals surface area contributed by atoms with Crippen LogP contribution >= 0.6 is 0 Å². The molecule has 0 saturated heterocycles. The van der Waals surface area contributed by atoms with E-state index in [-0.39, 0.29) is 11.3 Å². The molecule has 20 heavy (non-hydrogen) atoms. The van der Waals surface area contributed by atoms with Crippen LogP contribution in [0.25, 0.3) is 0 Å². The van der Waals surface area contributed by atoms with Gasteiger partial charge in [-0.15, -0.1) is 0 Å². The Bertz CT molecular complexity index is 607. The fraction of sp³-hybridized carbons (Fsp3) is 0.0769. The average Bonchev–Trinajstić information content (AvgIpc) is 2.40. The van der Waals surface area contributed by atoms with Gasteiger partial charge in [0.15, 0.2) is 0 Å². The zero-order chi connectivity index (χ0) is 14.8. The monoisotopic (exact) mass is 282 g/mol. The highest BCUT2D eigenvalue weighted by atomic mass is 19.4. The van der Waals surface area contributed by atoms with Gasteiger partial charge in [0.05, 0.1) is 5.56 Å². The molecule has 2 N–H and O–H groups in total. The van der Waals surface area contributed by atoms with Crippen molar-refractivity contribution in [3.63, 3.8) is 0 Å². The number of halogens is 3. The third kappa shape index (κ3) is 3.25. The van der Waals surface area contributed by atoms with Gasteiger partial charge < -0.3 is 10.4 Å². The number of hydrogen-bond acceptors (Lipinski definition) is 3. The standard InChI is InChI=1S/C13H9F3N2O2/c14-13(15,16)11-6-1-8(7-17-11)12(20)18-9-2-4-10(19)5-3-9/h1-7,19H,(H,18,20). The number of carbonyl (C=O) groups excluding carboxylic acids is 1. The Hall–Kier alpha value is -2.57. The van der Waals surface area contributed by atoms with Gasteiger partial charge in [0.1, 0.15) is 11.4 Å². The van der Waals surface area contributed by atoms with Crippen molar-refractivity contribution in [2.45, 2.75) is 6.18 Å². The summed E-state index contributed by atoms with van der Waals surface area (Å²) in [7, 11) is 0. The number of nitrogens with one attached hydrogen (secondary N) is 1. The highest BCUT2D eigenvalue weighted by molar-refractivity contribution is 6.04. The Labute approximate surface area is 111 Å². The van der Waals surface area contributed by atoms with E-state index in [2.05, 4.69) is 10.3 Å². The maximum Gasteiger partial charge on any atom is 0.433 e. The van der Waals surface area contributed by atoms with Crippen LogP contribution in [0.15, 0.2) is 42.6 Å². The molecule has 0 saturated carbocycles. The third-order valence-electron chi connectivity index (χ3n) is 2.44. The summed E-state index contributed by atoms with van der Waals surface area (Å²) in [4.78, 5) is 15.0. The number of phenolic OH excluding ortho intramolecular Hbond substituents is 1. The summed E-state index contributed by atoms with van der Waals surface area (Å²) in [5.74, 6) is -0.545. The first-order valence-electron chi connectivity index (χ1n) is 5.50. The van der Waals surface area contributed by atoms with Crippen LogP contribution in [0, 0.1) is 0 Å². The number of alkyl halides is 3. The summed E-state index contributed by atoms with van der Waals surface area (Å²) < 4.78 is 37.0. The van der Waals surface area contributed by atoms with Gasteiger partial charge >= 0.3 is 6.18 Å². The maximum absolute atomic E-state index is 12.3. The van der Waals surface area contributed by atoms with Crippen LogP contribution < -0.4 is 5.32 Å². The summed E-state index contributed by atoms with van der Waals surface area (Å²) in [5.41, 5.74) is -0.641. The van der Waals surface area contributed by atoms with E-state index < -0.39 is 17.8 Å². The Balaban J connectivity index is 2.11. The molecule has 0 aliphatic rings. The van der Waals surface area contributed by atoms with Crippen LogP contribution in [-0.4, -0.2) is 16.0 Å². The summed E-state index contributed by atoms with van der Waals surface area (Å²) in [5, 5.41) is 11.6. The Kier molecular flexibility index (Phi) is 3.60. The lowest BCUT2D eigenvalue weighted by molar-refractivity contribution is -0.141. The number of anilines is 1. The number of amides is 1. The zero-order valence-electron chi connectivity index (χ0n) is 9.98. The number of rotatable bonds is 2. The molecule has 7 heteroatoms. The molecule has 1 aromatic carbocycles. The number of phenols is 1. The molecule has 4 nitrogen and oxygen atoms in total. The molecular weight excluding hydrogens is 273 g/mol. The second-order valence-electron chi connectivity index (χ2n) is 3.93. The van der Waals surface area contributed by atoms with Crippen molar-refractivity contribution in [3.05, 3.63) is 53.9 Å². The summed E-state index contributed by atoms with van der Waals surface area (Å²) in [6.07, 6.45) is -3.68. The maximum atomic E-state index is 12.3. The van der Waals surface area contributed by atoms with Gasteiger partial charge in [0, 0.05) is 11.9 Å². The fourth-order valence-electron chi connectivity index (χ4n) is 1.44. The highest BCUT2D eigenvalue weighted by Gasteiger charge is 2.32. The molecule has 0 aliphatic carbocycles. The number of nitrogens with zero attached hydrogens (tertiary/aromatic N) is 1. The van der Waals surface area contributed by atoms with Crippen molar-refractivity contribution in [3.8, 4) is 5.75 Å². The predicted molar refractivity (Wildman–Crippen MR) is 65.3 cm³/mol. The first kappa shape index (κ1) is 13.9. The molecule has 1 aromatic heterocycles. The van der Waals surface area contributed by atoms with Gasteiger partial charge in [-0.25, -0.2) is 0 Å². The largest absolute Gasteiger partial charge is 0.508 e. The number of hydrogen-bond donors (Lipinski definition) is 2. The minimum atomic E-state index is -4.54. The van der Waals surface area contributed by atoms with E-state index in [0.717, 1.165) is 18.3 Å². The van der Waals surface area contributed by atoms with Crippen molar-refractivity contribution in [2.75, 3.05) is 5.32 Å². The smallest absolute Gasteiger partial charge is 0.433 e. The van der Waals surface area contributed by atoms with E-state index in [4.69, 9.17) is 5.11 Å². The minimum Gasteiger partial charge on any atom is -0.508 e. The number of aromatic hydroxyl groups is 1. The summed E-state index contributed by atoms with van der Waals surface area (Å²) in [6.45, 7) is 0. The van der Waals surface area contributed by atoms with Crippen molar-refractivity contribution in [1.82, 2.24) is 4.98 Å². The normalized spacial score (nSPS) is 11.2. The van der Waals surface area contributed by atoms with Crippen molar-refractivity contribution in [1.29, 1.82) is 0 Å². The lowest BCUT2D eigenvalue weighted by Gasteiger charge is -2.07. The first-order valence-corrected chi connectivity index (χ1v) is 5.50. The molecule has 0 radical (unpaired) electrons. The van der Waals surface area contributed by atoms with Crippen LogP contribution in [0.5, 0.6) is 5.75 Å². The van der Waals surface area contributed by atoms with Crippen LogP contribution in [0.2, 0.25) is 0 Å². The molecule has 0 spiro atoms. The van der Waals surface area contributed by atoms with Crippen molar-refractivity contribution in [2.24, 2.45) is 0 Å². The Morgan fingerprint density at radius 2 is 1.75 bits per heavy atom. The van der Waals surface area contributed by atoms with Gasteiger partial charge in [-0.1, -0.05) is 0 Å². The number of benzene rings is 1. The van der Waals surface area contributed by atoms with E-state index in [1.54, 1.807) is 0 Å². The number of aromatic nitrogens is 1. The van der Waals surface area contributed by atoms with Crippen LogP contribution in [0.1, 0.15) is 16.1 Å². The van der Waals surface area contributed by atoms with Crippen LogP contribution in [-0.2, 0) is 6.18 Å². The quantitative estimate of drug-likeness (QED) is 0.832. The van der Waals surface area contributed by atoms with E-state index in [1.165, 1.54) is 24.3 Å². The van der Waals surface area contributed by atoms with E-state index in [0.29, 0.717) is 5.69 Å². The molecule has 2 rings (SSSR count). The molecule has 0 unspecified atom stereocenters. The van der Waals surface area contributed by atoms with Crippen LogP contribution in [0.3, 0.4) is 0 Å². The lowest BCUT2D eigenvalue weighted by atomic mass is 10.2. The van der Waals surface area contributed by atoms with Crippen LogP contribution in [0.4, 0.5) is 18.9 Å².